The highest BCUT2D eigenvalue weighted by atomic mass is 16.2. The lowest BCUT2D eigenvalue weighted by molar-refractivity contribution is -0.132. The van der Waals surface area contributed by atoms with Crippen molar-refractivity contribution in [3.8, 4) is 0 Å². The van der Waals surface area contributed by atoms with Crippen molar-refractivity contribution in [2.24, 2.45) is 0 Å². The molecule has 6 heteroatoms. The number of hydrogen-bond acceptors (Lipinski definition) is 4. The molecular formula is C19H20N4O2. The molecule has 2 aromatic carbocycles. The number of carbonyl (C=O) groups is 1. The number of carbonyl (C=O) groups excluding carboxylic acids is 1. The van der Waals surface area contributed by atoms with Crippen LogP contribution < -0.4 is 5.56 Å². The maximum atomic E-state index is 12.7. The quantitative estimate of drug-likeness (QED) is 0.692. The molecule has 3 rings (SSSR count). The van der Waals surface area contributed by atoms with Gasteiger partial charge in [0.05, 0.1) is 5.39 Å². The zero-order chi connectivity index (χ0) is 17.6. The van der Waals surface area contributed by atoms with Crippen LogP contribution in [0, 0.1) is 0 Å². The molecule has 1 aromatic heterocycles. The third-order valence-corrected chi connectivity index (χ3v) is 3.98. The number of benzene rings is 2. The molecule has 1 heterocycles. The Morgan fingerprint density at radius 1 is 1.08 bits per heavy atom. The summed E-state index contributed by atoms with van der Waals surface area (Å²) in [5.41, 5.74) is 1.29. The standard InChI is InChI=1S/C19H20N4O2/c1-2-12-22(13-15-8-4-3-5-9-15)18(24)14-23-19(25)16-10-6-7-11-17(16)20-21-23/h3-11H,2,12-14H2,1H3. The summed E-state index contributed by atoms with van der Waals surface area (Å²) in [6.07, 6.45) is 0.844. The largest absolute Gasteiger partial charge is 0.337 e. The molecular weight excluding hydrogens is 316 g/mol. The summed E-state index contributed by atoms with van der Waals surface area (Å²) in [5, 5.41) is 8.40. The van der Waals surface area contributed by atoms with Crippen molar-refractivity contribution < 1.29 is 4.79 Å². The summed E-state index contributed by atoms with van der Waals surface area (Å²) in [5.74, 6) is -0.141. The summed E-state index contributed by atoms with van der Waals surface area (Å²) in [7, 11) is 0. The molecule has 0 spiro atoms. The van der Waals surface area contributed by atoms with Crippen LogP contribution in [-0.2, 0) is 17.9 Å². The van der Waals surface area contributed by atoms with Crippen molar-refractivity contribution >= 4 is 16.8 Å². The van der Waals surface area contributed by atoms with Gasteiger partial charge in [-0.15, -0.1) is 5.10 Å². The van der Waals surface area contributed by atoms with E-state index in [-0.39, 0.29) is 18.0 Å². The Hall–Kier alpha value is -3.02. The van der Waals surface area contributed by atoms with Crippen molar-refractivity contribution in [1.82, 2.24) is 19.9 Å². The van der Waals surface area contributed by atoms with Crippen LogP contribution in [0.3, 0.4) is 0 Å². The van der Waals surface area contributed by atoms with Gasteiger partial charge in [0.2, 0.25) is 5.91 Å². The molecule has 0 saturated carbocycles. The molecule has 0 saturated heterocycles. The average molecular weight is 336 g/mol. The van der Waals surface area contributed by atoms with Gasteiger partial charge in [0, 0.05) is 13.1 Å². The Balaban J connectivity index is 1.81. The minimum absolute atomic E-state index is 0.108. The van der Waals surface area contributed by atoms with Crippen molar-refractivity contribution in [1.29, 1.82) is 0 Å². The topological polar surface area (TPSA) is 68.1 Å². The molecule has 0 aliphatic carbocycles. The Kier molecular flexibility index (Phi) is 5.18. The van der Waals surface area contributed by atoms with Crippen LogP contribution in [0.1, 0.15) is 18.9 Å². The zero-order valence-corrected chi connectivity index (χ0v) is 14.1. The van der Waals surface area contributed by atoms with Gasteiger partial charge in [-0.2, -0.15) is 0 Å². The van der Waals surface area contributed by atoms with Crippen LogP contribution in [0.2, 0.25) is 0 Å². The van der Waals surface area contributed by atoms with Crippen LogP contribution in [0.4, 0.5) is 0 Å². The molecule has 3 aromatic rings. The van der Waals surface area contributed by atoms with E-state index in [9.17, 15) is 9.59 Å². The average Bonchev–Trinajstić information content (AvgIpc) is 2.65. The van der Waals surface area contributed by atoms with Crippen molar-refractivity contribution in [2.45, 2.75) is 26.4 Å². The van der Waals surface area contributed by atoms with E-state index in [1.807, 2.05) is 37.3 Å². The monoisotopic (exact) mass is 336 g/mol. The Morgan fingerprint density at radius 2 is 1.80 bits per heavy atom. The summed E-state index contributed by atoms with van der Waals surface area (Å²) >= 11 is 0. The molecule has 0 aliphatic heterocycles. The number of rotatable bonds is 6. The second-order valence-electron chi connectivity index (χ2n) is 5.87. The minimum Gasteiger partial charge on any atom is -0.337 e. The van der Waals surface area contributed by atoms with Gasteiger partial charge in [-0.05, 0) is 24.1 Å². The van der Waals surface area contributed by atoms with Crippen molar-refractivity contribution in [3.63, 3.8) is 0 Å². The first-order valence-corrected chi connectivity index (χ1v) is 8.33. The summed E-state index contributed by atoms with van der Waals surface area (Å²) < 4.78 is 1.14. The fourth-order valence-corrected chi connectivity index (χ4v) is 2.72. The molecule has 128 valence electrons. The summed E-state index contributed by atoms with van der Waals surface area (Å²) in [4.78, 5) is 26.9. The van der Waals surface area contributed by atoms with E-state index in [1.165, 1.54) is 0 Å². The molecule has 0 fully saturated rings. The summed E-state index contributed by atoms with van der Waals surface area (Å²) in [6, 6.07) is 16.8. The van der Waals surface area contributed by atoms with E-state index in [4.69, 9.17) is 0 Å². The first-order chi connectivity index (χ1) is 12.2. The van der Waals surface area contributed by atoms with E-state index in [2.05, 4.69) is 10.3 Å². The fraction of sp³-hybridized carbons (Fsp3) is 0.263. The maximum absolute atomic E-state index is 12.7. The molecule has 1 amide bonds. The van der Waals surface area contributed by atoms with E-state index >= 15 is 0 Å². The van der Waals surface area contributed by atoms with Crippen LogP contribution in [0.25, 0.3) is 10.9 Å². The van der Waals surface area contributed by atoms with Crippen LogP contribution in [-0.4, -0.2) is 32.3 Å². The predicted octanol–water partition coefficient (Wildman–Crippen LogP) is 2.23. The first kappa shape index (κ1) is 16.8. The van der Waals surface area contributed by atoms with Crippen LogP contribution in [0.15, 0.2) is 59.4 Å². The van der Waals surface area contributed by atoms with Gasteiger partial charge < -0.3 is 4.90 Å². The first-order valence-electron chi connectivity index (χ1n) is 8.33. The van der Waals surface area contributed by atoms with Gasteiger partial charge in [0.15, 0.2) is 0 Å². The highest BCUT2D eigenvalue weighted by Gasteiger charge is 2.16. The van der Waals surface area contributed by atoms with Crippen molar-refractivity contribution in [2.75, 3.05) is 6.54 Å². The number of hydrogen-bond donors (Lipinski definition) is 0. The van der Waals surface area contributed by atoms with Crippen molar-refractivity contribution in [3.05, 3.63) is 70.5 Å². The third-order valence-electron chi connectivity index (χ3n) is 3.98. The summed E-state index contributed by atoms with van der Waals surface area (Å²) in [6.45, 7) is 3.06. The fourth-order valence-electron chi connectivity index (χ4n) is 2.72. The Labute approximate surface area is 145 Å². The van der Waals surface area contributed by atoms with E-state index in [0.717, 1.165) is 16.7 Å². The van der Waals surface area contributed by atoms with Gasteiger partial charge in [-0.25, -0.2) is 4.68 Å². The predicted molar refractivity (Wildman–Crippen MR) is 95.9 cm³/mol. The highest BCUT2D eigenvalue weighted by Crippen LogP contribution is 2.07. The van der Waals surface area contributed by atoms with Gasteiger partial charge >= 0.3 is 0 Å². The molecule has 0 atom stereocenters. The van der Waals surface area contributed by atoms with E-state index < -0.39 is 0 Å². The zero-order valence-electron chi connectivity index (χ0n) is 14.1. The van der Waals surface area contributed by atoms with Gasteiger partial charge in [0.25, 0.3) is 5.56 Å². The van der Waals surface area contributed by atoms with E-state index in [1.54, 1.807) is 29.2 Å². The van der Waals surface area contributed by atoms with E-state index in [0.29, 0.717) is 24.0 Å². The number of amides is 1. The second-order valence-corrected chi connectivity index (χ2v) is 5.87. The lowest BCUT2D eigenvalue weighted by atomic mass is 10.2. The molecule has 0 bridgehead atoms. The number of nitrogens with zero attached hydrogens (tertiary/aromatic N) is 4. The van der Waals surface area contributed by atoms with Gasteiger partial charge in [0.1, 0.15) is 12.1 Å². The molecule has 0 aliphatic rings. The Bertz CT molecular complexity index is 921. The molecule has 0 unspecified atom stereocenters. The van der Waals surface area contributed by atoms with Gasteiger partial charge in [-0.3, -0.25) is 9.59 Å². The third kappa shape index (κ3) is 3.91. The normalized spacial score (nSPS) is 10.8. The highest BCUT2D eigenvalue weighted by molar-refractivity contribution is 5.78. The lowest BCUT2D eigenvalue weighted by Crippen LogP contribution is -2.37. The smallest absolute Gasteiger partial charge is 0.278 e. The lowest BCUT2D eigenvalue weighted by Gasteiger charge is -2.22. The second kappa shape index (κ2) is 7.70. The molecule has 6 nitrogen and oxygen atoms in total. The maximum Gasteiger partial charge on any atom is 0.278 e. The van der Waals surface area contributed by atoms with Crippen LogP contribution >= 0.6 is 0 Å². The SMILES string of the molecule is CCCN(Cc1ccccc1)C(=O)Cn1nnc2ccccc2c1=O. The van der Waals surface area contributed by atoms with Crippen LogP contribution in [0.5, 0.6) is 0 Å². The molecule has 25 heavy (non-hydrogen) atoms. The van der Waals surface area contributed by atoms with Gasteiger partial charge in [-0.1, -0.05) is 54.6 Å². The Morgan fingerprint density at radius 3 is 2.56 bits per heavy atom. The number of fused-ring (bicyclic) bond motifs is 1. The number of aromatic nitrogens is 3. The minimum atomic E-state index is -0.296. The molecule has 0 radical (unpaired) electrons. The molecule has 0 N–H and O–H groups in total.